The Hall–Kier alpha value is -1.11. The van der Waals surface area contributed by atoms with Crippen LogP contribution >= 0.6 is 27.3 Å². The van der Waals surface area contributed by atoms with Crippen molar-refractivity contribution in [1.82, 2.24) is 10.3 Å². The van der Waals surface area contributed by atoms with Crippen LogP contribution in [0.1, 0.15) is 17.7 Å². The fraction of sp³-hybridized carbons (Fsp3) is 0.357. The van der Waals surface area contributed by atoms with E-state index in [0.29, 0.717) is 0 Å². The van der Waals surface area contributed by atoms with Gasteiger partial charge in [0, 0.05) is 29.2 Å². The van der Waals surface area contributed by atoms with Crippen molar-refractivity contribution in [2.45, 2.75) is 25.4 Å². The molecular weight excluding hydrogens is 340 g/mol. The number of hydrogen-bond donors (Lipinski definition) is 1. The Morgan fingerprint density at radius 1 is 1.35 bits per heavy atom. The lowest BCUT2D eigenvalue weighted by molar-refractivity contribution is 0.173. The van der Waals surface area contributed by atoms with Crippen LogP contribution in [0.4, 0.5) is 0 Å². The Bertz CT molecular complexity index is 655. The summed E-state index contributed by atoms with van der Waals surface area (Å²) in [6, 6.07) is 4.74. The van der Waals surface area contributed by atoms with E-state index in [1.807, 2.05) is 18.3 Å². The highest BCUT2D eigenvalue weighted by Crippen LogP contribution is 2.43. The van der Waals surface area contributed by atoms with Gasteiger partial charge in [0.15, 0.2) is 11.5 Å². The molecule has 1 saturated carbocycles. The van der Waals surface area contributed by atoms with Crippen molar-refractivity contribution in [2.24, 2.45) is 0 Å². The van der Waals surface area contributed by atoms with Crippen LogP contribution in [0.25, 0.3) is 10.6 Å². The molecular formula is C14H13BrN2O2S. The molecule has 1 aliphatic carbocycles. The zero-order valence-electron chi connectivity index (χ0n) is 10.7. The first kappa shape index (κ1) is 12.6. The number of nitrogens with zero attached hydrogens (tertiary/aromatic N) is 1. The standard InChI is InChI=1S/C14H13BrN2O2S/c15-11-3-8(4-12-13(11)19-7-18-12)14-17-6-10(20-14)5-16-9-1-2-9/h3-4,6,9,16H,1-2,5,7H2. The Morgan fingerprint density at radius 3 is 3.10 bits per heavy atom. The van der Waals surface area contributed by atoms with E-state index in [0.717, 1.165) is 39.1 Å². The third kappa shape index (κ3) is 2.43. The summed E-state index contributed by atoms with van der Waals surface area (Å²) in [6.07, 6.45) is 4.56. The maximum atomic E-state index is 5.45. The second kappa shape index (κ2) is 5.02. The first-order chi connectivity index (χ1) is 9.79. The summed E-state index contributed by atoms with van der Waals surface area (Å²) in [7, 11) is 0. The molecule has 0 amide bonds. The van der Waals surface area contributed by atoms with E-state index in [1.54, 1.807) is 11.3 Å². The molecule has 6 heteroatoms. The molecule has 4 rings (SSSR count). The summed E-state index contributed by atoms with van der Waals surface area (Å²) in [5.74, 6) is 1.56. The summed E-state index contributed by atoms with van der Waals surface area (Å²) in [4.78, 5) is 5.78. The molecule has 1 aromatic carbocycles. The summed E-state index contributed by atoms with van der Waals surface area (Å²) in [6.45, 7) is 1.19. The van der Waals surface area contributed by atoms with Crippen molar-refractivity contribution >= 4 is 27.3 Å². The van der Waals surface area contributed by atoms with E-state index in [4.69, 9.17) is 9.47 Å². The van der Waals surface area contributed by atoms with E-state index in [2.05, 4.69) is 26.2 Å². The van der Waals surface area contributed by atoms with Crippen molar-refractivity contribution in [2.75, 3.05) is 6.79 Å². The molecule has 0 radical (unpaired) electrons. The van der Waals surface area contributed by atoms with Crippen molar-refractivity contribution < 1.29 is 9.47 Å². The number of rotatable bonds is 4. The summed E-state index contributed by atoms with van der Waals surface area (Å²) >= 11 is 5.24. The molecule has 0 unspecified atom stereocenters. The van der Waals surface area contributed by atoms with Gasteiger partial charge < -0.3 is 14.8 Å². The van der Waals surface area contributed by atoms with Gasteiger partial charge in [-0.2, -0.15) is 0 Å². The quantitative estimate of drug-likeness (QED) is 0.913. The Kier molecular flexibility index (Phi) is 3.17. The van der Waals surface area contributed by atoms with E-state index in [-0.39, 0.29) is 6.79 Å². The molecule has 2 aromatic rings. The predicted molar refractivity (Wildman–Crippen MR) is 81.2 cm³/mol. The Labute approximate surface area is 129 Å². The first-order valence-corrected chi connectivity index (χ1v) is 8.18. The highest BCUT2D eigenvalue weighted by atomic mass is 79.9. The first-order valence-electron chi connectivity index (χ1n) is 6.57. The number of hydrogen-bond acceptors (Lipinski definition) is 5. The van der Waals surface area contributed by atoms with Crippen LogP contribution in [0.5, 0.6) is 11.5 Å². The van der Waals surface area contributed by atoms with Gasteiger partial charge in [0.1, 0.15) is 5.01 Å². The molecule has 104 valence electrons. The number of thiazole rings is 1. The van der Waals surface area contributed by atoms with Crippen molar-refractivity contribution in [3.05, 3.63) is 27.7 Å². The van der Waals surface area contributed by atoms with E-state index in [9.17, 15) is 0 Å². The molecule has 2 aliphatic rings. The summed E-state index contributed by atoms with van der Waals surface area (Å²) < 4.78 is 11.8. The van der Waals surface area contributed by atoms with Gasteiger partial charge in [-0.3, -0.25) is 0 Å². The molecule has 4 nitrogen and oxygen atoms in total. The van der Waals surface area contributed by atoms with Gasteiger partial charge in [-0.15, -0.1) is 11.3 Å². The van der Waals surface area contributed by atoms with Crippen LogP contribution in [0, 0.1) is 0 Å². The maximum absolute atomic E-state index is 5.45. The molecule has 1 N–H and O–H groups in total. The third-order valence-electron chi connectivity index (χ3n) is 3.37. The molecule has 0 spiro atoms. The van der Waals surface area contributed by atoms with Crippen LogP contribution in [0.2, 0.25) is 0 Å². The average Bonchev–Trinajstić information content (AvgIpc) is 2.96. The van der Waals surface area contributed by atoms with E-state index < -0.39 is 0 Å². The lowest BCUT2D eigenvalue weighted by Crippen LogP contribution is -2.14. The van der Waals surface area contributed by atoms with Gasteiger partial charge in [-0.25, -0.2) is 4.98 Å². The van der Waals surface area contributed by atoms with Crippen molar-refractivity contribution in [3.63, 3.8) is 0 Å². The lowest BCUT2D eigenvalue weighted by atomic mass is 10.2. The summed E-state index contributed by atoms with van der Waals surface area (Å²) in [5, 5.41) is 4.52. The molecule has 0 bridgehead atoms. The highest BCUT2D eigenvalue weighted by Gasteiger charge is 2.21. The molecule has 0 saturated heterocycles. The van der Waals surface area contributed by atoms with Crippen LogP contribution in [-0.2, 0) is 6.54 Å². The van der Waals surface area contributed by atoms with Crippen LogP contribution in [0.15, 0.2) is 22.8 Å². The van der Waals surface area contributed by atoms with Crippen LogP contribution in [0.3, 0.4) is 0 Å². The monoisotopic (exact) mass is 352 g/mol. The van der Waals surface area contributed by atoms with Gasteiger partial charge in [0.25, 0.3) is 0 Å². The largest absolute Gasteiger partial charge is 0.454 e. The molecule has 0 atom stereocenters. The molecule has 20 heavy (non-hydrogen) atoms. The topological polar surface area (TPSA) is 43.4 Å². The normalized spacial score (nSPS) is 16.6. The predicted octanol–water partition coefficient (Wildman–Crippen LogP) is 3.55. The summed E-state index contributed by atoms with van der Waals surface area (Å²) in [5.41, 5.74) is 1.06. The minimum absolute atomic E-state index is 0.284. The average molecular weight is 353 g/mol. The number of ether oxygens (including phenoxy) is 2. The van der Waals surface area contributed by atoms with E-state index >= 15 is 0 Å². The number of halogens is 1. The van der Waals surface area contributed by atoms with Crippen LogP contribution < -0.4 is 14.8 Å². The van der Waals surface area contributed by atoms with Gasteiger partial charge >= 0.3 is 0 Å². The van der Waals surface area contributed by atoms with Crippen molar-refractivity contribution in [3.8, 4) is 22.1 Å². The minimum atomic E-state index is 0.284. The fourth-order valence-electron chi connectivity index (χ4n) is 2.15. The SMILES string of the molecule is Brc1cc(-c2ncc(CNC3CC3)s2)cc2c1OCO2. The molecule has 1 aliphatic heterocycles. The minimum Gasteiger partial charge on any atom is -0.454 e. The van der Waals surface area contributed by atoms with Crippen molar-refractivity contribution in [1.29, 1.82) is 0 Å². The Balaban J connectivity index is 1.58. The highest BCUT2D eigenvalue weighted by molar-refractivity contribution is 9.10. The number of fused-ring (bicyclic) bond motifs is 1. The van der Waals surface area contributed by atoms with E-state index in [1.165, 1.54) is 17.7 Å². The maximum Gasteiger partial charge on any atom is 0.231 e. The third-order valence-corrected chi connectivity index (χ3v) is 5.01. The lowest BCUT2D eigenvalue weighted by Gasteiger charge is -2.02. The van der Waals surface area contributed by atoms with Gasteiger partial charge in [-0.1, -0.05) is 0 Å². The van der Waals surface area contributed by atoms with Gasteiger partial charge in [-0.05, 0) is 40.9 Å². The molecule has 1 aromatic heterocycles. The molecule has 1 fully saturated rings. The zero-order chi connectivity index (χ0) is 13.5. The van der Waals surface area contributed by atoms with Crippen LogP contribution in [-0.4, -0.2) is 17.8 Å². The Morgan fingerprint density at radius 2 is 2.25 bits per heavy atom. The molecule has 2 heterocycles. The fourth-order valence-corrected chi connectivity index (χ4v) is 3.55. The van der Waals surface area contributed by atoms with Gasteiger partial charge in [0.05, 0.1) is 4.47 Å². The number of aromatic nitrogens is 1. The zero-order valence-corrected chi connectivity index (χ0v) is 13.1. The van der Waals surface area contributed by atoms with Gasteiger partial charge in [0.2, 0.25) is 6.79 Å². The second-order valence-corrected chi connectivity index (χ2v) is 6.95. The number of nitrogens with one attached hydrogen (secondary N) is 1. The second-order valence-electron chi connectivity index (χ2n) is 4.98. The smallest absolute Gasteiger partial charge is 0.231 e. The number of benzene rings is 1.